The minimum atomic E-state index is -4.74. The van der Waals surface area contributed by atoms with E-state index in [-0.39, 0.29) is 34.9 Å². The highest BCUT2D eigenvalue weighted by atomic mass is 19.4. The van der Waals surface area contributed by atoms with Crippen LogP contribution in [0.3, 0.4) is 0 Å². The number of pyridine rings is 2. The first-order valence-corrected chi connectivity index (χ1v) is 13.4. The zero-order valence-electron chi connectivity index (χ0n) is 22.7. The number of nitrogens with one attached hydrogen (secondary N) is 1. The first-order chi connectivity index (χ1) is 19.8. The number of hydrogen-bond acceptors (Lipinski definition) is 5. The summed E-state index contributed by atoms with van der Waals surface area (Å²) in [6.07, 6.45) is 7.73. The highest BCUT2D eigenvalue weighted by Gasteiger charge is 2.39. The van der Waals surface area contributed by atoms with E-state index < -0.39 is 34.7 Å². The van der Waals surface area contributed by atoms with Gasteiger partial charge in [-0.05, 0) is 41.6 Å². The van der Waals surface area contributed by atoms with Crippen molar-refractivity contribution in [3.63, 3.8) is 0 Å². The number of nitrogens with two attached hydrogens (primary N) is 1. The fourth-order valence-corrected chi connectivity index (χ4v) is 4.93. The Balaban J connectivity index is 0.000000186. The number of alkyl halides is 5. The zero-order valence-corrected chi connectivity index (χ0v) is 22.7. The minimum absolute atomic E-state index is 0.0821. The fraction of sp³-hybridized carbons (Fsp3) is 0.379. The molecular formula is C29H29F6N5O2. The van der Waals surface area contributed by atoms with E-state index in [9.17, 15) is 35.9 Å². The van der Waals surface area contributed by atoms with Gasteiger partial charge in [0, 0.05) is 37.0 Å². The van der Waals surface area contributed by atoms with Gasteiger partial charge in [-0.2, -0.15) is 18.3 Å². The lowest BCUT2D eigenvalue weighted by Crippen LogP contribution is -2.24. The molecule has 13 heteroatoms. The lowest BCUT2D eigenvalue weighted by atomic mass is 10.0. The van der Waals surface area contributed by atoms with Crippen LogP contribution in [0.2, 0.25) is 0 Å². The van der Waals surface area contributed by atoms with Crippen molar-refractivity contribution in [2.45, 2.75) is 63.5 Å². The number of aromatic amines is 1. The average molecular weight is 594 g/mol. The van der Waals surface area contributed by atoms with Gasteiger partial charge >= 0.3 is 6.18 Å². The van der Waals surface area contributed by atoms with Crippen LogP contribution in [0.1, 0.15) is 61.6 Å². The number of H-pyrrole nitrogens is 1. The van der Waals surface area contributed by atoms with E-state index >= 15 is 0 Å². The molecular weight excluding hydrogens is 564 g/mol. The van der Waals surface area contributed by atoms with Crippen LogP contribution in [-0.4, -0.2) is 19.7 Å². The van der Waals surface area contributed by atoms with Crippen molar-refractivity contribution >= 4 is 16.5 Å². The van der Waals surface area contributed by atoms with Gasteiger partial charge in [-0.3, -0.25) is 14.6 Å². The molecule has 2 aliphatic carbocycles. The van der Waals surface area contributed by atoms with Gasteiger partial charge in [-0.15, -0.1) is 0 Å². The molecule has 0 aliphatic heterocycles. The number of hydrogen-bond donors (Lipinski definition) is 2. The molecule has 3 aromatic heterocycles. The van der Waals surface area contributed by atoms with Crippen molar-refractivity contribution in [2.24, 2.45) is 7.05 Å². The Labute approximate surface area is 236 Å². The van der Waals surface area contributed by atoms with E-state index in [0.29, 0.717) is 16.6 Å². The van der Waals surface area contributed by atoms with E-state index in [1.165, 1.54) is 61.3 Å². The number of aromatic nitrogens is 4. The number of anilines is 1. The lowest BCUT2D eigenvalue weighted by molar-refractivity contribution is -0.138. The first-order valence-electron chi connectivity index (χ1n) is 13.4. The molecule has 3 N–H and O–H groups in total. The molecule has 0 saturated heterocycles. The Morgan fingerprint density at radius 3 is 2.21 bits per heavy atom. The van der Waals surface area contributed by atoms with E-state index in [4.69, 9.17) is 5.73 Å². The fourth-order valence-electron chi connectivity index (χ4n) is 4.93. The van der Waals surface area contributed by atoms with Crippen molar-refractivity contribution in [3.8, 4) is 11.3 Å². The van der Waals surface area contributed by atoms with Crippen molar-refractivity contribution < 1.29 is 26.3 Å². The summed E-state index contributed by atoms with van der Waals surface area (Å²) in [5, 5.41) is 5.59. The predicted molar refractivity (Wildman–Crippen MR) is 147 cm³/mol. The van der Waals surface area contributed by atoms with Crippen LogP contribution in [-0.2, 0) is 25.6 Å². The lowest BCUT2D eigenvalue weighted by Gasteiger charge is -2.11. The third-order valence-electron chi connectivity index (χ3n) is 7.20. The molecule has 0 unspecified atom stereocenters. The largest absolute Gasteiger partial charge is 0.423 e. The SMILES string of the molecule is C1CCCCC1.Cn1ccc2cc(-c3cc4c(cn3)C(F)(F)CC4)c(F)cc2c1=O.Nc1cn[nH]c(=O)c1C(F)(F)F. The molecule has 0 spiro atoms. The zero-order chi connectivity index (χ0) is 30.7. The number of nitrogen functional groups attached to an aromatic ring is 1. The van der Waals surface area contributed by atoms with E-state index in [2.05, 4.69) is 10.1 Å². The Morgan fingerprint density at radius 2 is 1.64 bits per heavy atom. The van der Waals surface area contributed by atoms with Crippen LogP contribution in [0.4, 0.5) is 32.0 Å². The molecule has 0 radical (unpaired) electrons. The summed E-state index contributed by atoms with van der Waals surface area (Å²) >= 11 is 0. The van der Waals surface area contributed by atoms with Gasteiger partial charge in [0.05, 0.1) is 23.0 Å². The maximum Gasteiger partial charge on any atom is 0.423 e. The summed E-state index contributed by atoms with van der Waals surface area (Å²) in [5.74, 6) is -3.46. The highest BCUT2D eigenvalue weighted by molar-refractivity contribution is 5.86. The molecule has 1 aromatic carbocycles. The Morgan fingerprint density at radius 1 is 1.00 bits per heavy atom. The smallest absolute Gasteiger partial charge is 0.397 e. The quantitative estimate of drug-likeness (QED) is 0.246. The molecule has 1 saturated carbocycles. The van der Waals surface area contributed by atoms with Gasteiger partial charge < -0.3 is 10.3 Å². The molecule has 0 amide bonds. The predicted octanol–water partition coefficient (Wildman–Crippen LogP) is 6.49. The number of halogens is 6. The van der Waals surface area contributed by atoms with Gasteiger partial charge in [-0.1, -0.05) is 38.5 Å². The highest BCUT2D eigenvalue weighted by Crippen LogP contribution is 2.42. The average Bonchev–Trinajstić information content (AvgIpc) is 3.25. The summed E-state index contributed by atoms with van der Waals surface area (Å²) in [6, 6.07) is 5.94. The number of aryl methyl sites for hydroxylation is 2. The number of benzene rings is 1. The summed E-state index contributed by atoms with van der Waals surface area (Å²) in [4.78, 5) is 26.6. The van der Waals surface area contributed by atoms with E-state index in [0.717, 1.165) is 12.4 Å². The van der Waals surface area contributed by atoms with E-state index in [1.807, 2.05) is 0 Å². The second-order valence-corrected chi connectivity index (χ2v) is 10.2. The van der Waals surface area contributed by atoms with Crippen LogP contribution < -0.4 is 16.9 Å². The second kappa shape index (κ2) is 12.4. The Bertz CT molecular complexity index is 1680. The summed E-state index contributed by atoms with van der Waals surface area (Å²) in [6.45, 7) is 0. The molecule has 2 aliphatic rings. The Kier molecular flexibility index (Phi) is 9.07. The first kappa shape index (κ1) is 30.8. The Hall–Kier alpha value is -4.16. The number of nitrogens with zero attached hydrogens (tertiary/aromatic N) is 3. The summed E-state index contributed by atoms with van der Waals surface area (Å²) in [5.41, 5.74) is 2.11. The van der Waals surface area contributed by atoms with Crippen LogP contribution >= 0.6 is 0 Å². The third-order valence-corrected chi connectivity index (χ3v) is 7.20. The van der Waals surface area contributed by atoms with E-state index in [1.54, 1.807) is 24.4 Å². The molecule has 1 fully saturated rings. The van der Waals surface area contributed by atoms with Crippen LogP contribution in [0.25, 0.3) is 22.0 Å². The molecule has 4 aromatic rings. The standard InChI is InChI=1S/C18H13F3N2O.C6H12.C5H4F3N3O/c1-23-5-3-10-6-13(15(19)8-12(10)17(23)24)16-7-11-2-4-18(20,21)14(11)9-22-16;1-2-4-6-5-3-1;6-5(7,8)3-2(9)1-10-11-4(3)12/h3,5-9H,2,4H2,1H3;1-6H2;1H,(H3,9,11,12). The monoisotopic (exact) mass is 593 g/mol. The van der Waals surface area contributed by atoms with Gasteiger partial charge in [0.15, 0.2) is 0 Å². The van der Waals surface area contributed by atoms with Crippen molar-refractivity contribution in [1.29, 1.82) is 0 Å². The van der Waals surface area contributed by atoms with Crippen LogP contribution in [0.15, 0.2) is 52.4 Å². The van der Waals surface area contributed by atoms with Crippen molar-refractivity contribution in [2.75, 3.05) is 5.73 Å². The second-order valence-electron chi connectivity index (χ2n) is 10.2. The number of rotatable bonds is 1. The summed E-state index contributed by atoms with van der Waals surface area (Å²) in [7, 11) is 1.59. The van der Waals surface area contributed by atoms with Gasteiger partial charge in [0.25, 0.3) is 17.0 Å². The normalized spacial score (nSPS) is 15.7. The van der Waals surface area contributed by atoms with Gasteiger partial charge in [-0.25, -0.2) is 18.3 Å². The van der Waals surface area contributed by atoms with Crippen molar-refractivity contribution in [3.05, 3.63) is 86.1 Å². The van der Waals surface area contributed by atoms with Gasteiger partial charge in [0.2, 0.25) is 0 Å². The molecule has 224 valence electrons. The van der Waals surface area contributed by atoms with Crippen LogP contribution in [0, 0.1) is 5.82 Å². The topological polar surface area (TPSA) is 107 Å². The molecule has 42 heavy (non-hydrogen) atoms. The maximum atomic E-state index is 14.5. The maximum absolute atomic E-state index is 14.5. The van der Waals surface area contributed by atoms with Crippen molar-refractivity contribution in [1.82, 2.24) is 19.7 Å². The summed E-state index contributed by atoms with van der Waals surface area (Å²) < 4.78 is 79.2. The molecule has 0 bridgehead atoms. The van der Waals surface area contributed by atoms with Crippen LogP contribution in [0.5, 0.6) is 0 Å². The molecule has 7 nitrogen and oxygen atoms in total. The third kappa shape index (κ3) is 6.82. The molecule has 0 atom stereocenters. The minimum Gasteiger partial charge on any atom is -0.397 e. The molecule has 6 rings (SSSR count). The number of fused-ring (bicyclic) bond motifs is 2. The molecule has 3 heterocycles. The van der Waals surface area contributed by atoms with Gasteiger partial charge in [0.1, 0.15) is 11.4 Å².